The van der Waals surface area contributed by atoms with Gasteiger partial charge < -0.3 is 10.1 Å². The van der Waals surface area contributed by atoms with Crippen LogP contribution in [0.3, 0.4) is 0 Å². The topological polar surface area (TPSA) is 64.4 Å². The van der Waals surface area contributed by atoms with E-state index in [1.165, 1.54) is 6.07 Å². The van der Waals surface area contributed by atoms with E-state index in [1.54, 1.807) is 6.92 Å². The molecule has 1 aromatic rings. The second kappa shape index (κ2) is 5.52. The predicted octanol–water partition coefficient (Wildman–Crippen LogP) is 3.02. The Morgan fingerprint density at radius 2 is 2.21 bits per heavy atom. The van der Waals surface area contributed by atoms with Crippen molar-refractivity contribution in [2.75, 3.05) is 11.9 Å². The fourth-order valence-electron chi connectivity index (χ4n) is 2.21. The number of rotatable bonds is 5. The van der Waals surface area contributed by atoms with Gasteiger partial charge in [-0.2, -0.15) is 0 Å². The third-order valence-electron chi connectivity index (χ3n) is 3.33. The highest BCUT2D eigenvalue weighted by atomic mass is 19.1. The SMILES string of the molecule is CCOC1CC(Nc2cc(C)c(F)cc2[N+](=O)[O-])C1. The van der Waals surface area contributed by atoms with Gasteiger partial charge in [-0.05, 0) is 38.3 Å². The van der Waals surface area contributed by atoms with Crippen molar-refractivity contribution < 1.29 is 14.1 Å². The van der Waals surface area contributed by atoms with Crippen molar-refractivity contribution in [3.05, 3.63) is 33.6 Å². The Bertz CT molecular complexity index is 487. The van der Waals surface area contributed by atoms with E-state index in [9.17, 15) is 14.5 Å². The fourth-order valence-corrected chi connectivity index (χ4v) is 2.21. The molecule has 1 fully saturated rings. The Morgan fingerprint density at radius 1 is 1.53 bits per heavy atom. The lowest BCUT2D eigenvalue weighted by molar-refractivity contribution is -0.384. The maximum absolute atomic E-state index is 13.4. The van der Waals surface area contributed by atoms with E-state index in [0.717, 1.165) is 18.9 Å². The Hall–Kier alpha value is -1.69. The van der Waals surface area contributed by atoms with E-state index in [-0.39, 0.29) is 17.8 Å². The second-order valence-electron chi connectivity index (χ2n) is 4.77. The summed E-state index contributed by atoms with van der Waals surface area (Å²) in [4.78, 5) is 10.3. The molecular formula is C13H17FN2O3. The summed E-state index contributed by atoms with van der Waals surface area (Å²) in [7, 11) is 0. The summed E-state index contributed by atoms with van der Waals surface area (Å²) in [6.45, 7) is 4.20. The quantitative estimate of drug-likeness (QED) is 0.658. The predicted molar refractivity (Wildman–Crippen MR) is 69.9 cm³/mol. The zero-order chi connectivity index (χ0) is 14.0. The number of aryl methyl sites for hydroxylation is 1. The van der Waals surface area contributed by atoms with E-state index < -0.39 is 10.7 Å². The van der Waals surface area contributed by atoms with Gasteiger partial charge in [0, 0.05) is 12.6 Å². The molecule has 5 nitrogen and oxygen atoms in total. The Kier molecular flexibility index (Phi) is 3.99. The summed E-state index contributed by atoms with van der Waals surface area (Å²) in [6, 6.07) is 2.61. The first kappa shape index (κ1) is 13.7. The number of benzene rings is 1. The van der Waals surface area contributed by atoms with E-state index in [2.05, 4.69) is 5.32 Å². The van der Waals surface area contributed by atoms with Gasteiger partial charge in [0.25, 0.3) is 5.69 Å². The van der Waals surface area contributed by atoms with Gasteiger partial charge >= 0.3 is 0 Å². The van der Waals surface area contributed by atoms with Crippen LogP contribution in [0.4, 0.5) is 15.8 Å². The number of halogens is 1. The summed E-state index contributed by atoms with van der Waals surface area (Å²) in [5.41, 5.74) is 0.556. The minimum absolute atomic E-state index is 0.153. The summed E-state index contributed by atoms with van der Waals surface area (Å²) in [5, 5.41) is 14.0. The van der Waals surface area contributed by atoms with Crippen molar-refractivity contribution >= 4 is 11.4 Å². The monoisotopic (exact) mass is 268 g/mol. The third kappa shape index (κ3) is 3.01. The second-order valence-corrected chi connectivity index (χ2v) is 4.77. The lowest BCUT2D eigenvalue weighted by Crippen LogP contribution is -2.40. The molecule has 104 valence electrons. The molecule has 0 aromatic heterocycles. The van der Waals surface area contributed by atoms with Crippen LogP contribution < -0.4 is 5.32 Å². The zero-order valence-electron chi connectivity index (χ0n) is 11.0. The summed E-state index contributed by atoms with van der Waals surface area (Å²) >= 11 is 0. The van der Waals surface area contributed by atoms with Crippen LogP contribution in [0, 0.1) is 22.9 Å². The fraction of sp³-hybridized carbons (Fsp3) is 0.538. The summed E-state index contributed by atoms with van der Waals surface area (Å²) < 4.78 is 18.8. The lowest BCUT2D eigenvalue weighted by Gasteiger charge is -2.35. The van der Waals surface area contributed by atoms with Gasteiger partial charge in [-0.15, -0.1) is 0 Å². The molecule has 0 saturated heterocycles. The number of ether oxygens (including phenoxy) is 1. The van der Waals surface area contributed by atoms with Gasteiger partial charge in [0.15, 0.2) is 0 Å². The van der Waals surface area contributed by atoms with Crippen LogP contribution in [0.15, 0.2) is 12.1 Å². The minimum Gasteiger partial charge on any atom is -0.378 e. The number of hydrogen-bond donors (Lipinski definition) is 1. The number of nitrogens with one attached hydrogen (secondary N) is 1. The number of anilines is 1. The molecule has 0 bridgehead atoms. The molecule has 1 N–H and O–H groups in total. The number of nitrogens with zero attached hydrogens (tertiary/aromatic N) is 1. The molecule has 6 heteroatoms. The molecule has 0 aliphatic heterocycles. The Morgan fingerprint density at radius 3 is 2.79 bits per heavy atom. The number of nitro groups is 1. The van der Waals surface area contributed by atoms with Gasteiger partial charge in [0.1, 0.15) is 11.5 Å². The molecule has 1 aliphatic rings. The lowest BCUT2D eigenvalue weighted by atomic mass is 9.89. The minimum atomic E-state index is -0.566. The standard InChI is InChI=1S/C13H17FN2O3/c1-3-19-10-5-9(6-10)15-12-4-8(2)11(14)7-13(12)16(17)18/h4,7,9-10,15H,3,5-6H2,1-2H3. The molecule has 2 rings (SSSR count). The van der Waals surface area contributed by atoms with Gasteiger partial charge in [-0.1, -0.05) is 0 Å². The van der Waals surface area contributed by atoms with Crippen LogP contribution in [0.5, 0.6) is 0 Å². The largest absolute Gasteiger partial charge is 0.378 e. The molecular weight excluding hydrogens is 251 g/mol. The Labute approximate surface area is 110 Å². The molecule has 0 amide bonds. The van der Waals surface area contributed by atoms with Crippen molar-refractivity contribution in [2.45, 2.75) is 38.8 Å². The molecule has 0 atom stereocenters. The normalized spacial score (nSPS) is 21.8. The van der Waals surface area contributed by atoms with E-state index in [1.807, 2.05) is 6.92 Å². The highest BCUT2D eigenvalue weighted by Gasteiger charge is 2.31. The van der Waals surface area contributed by atoms with Crippen LogP contribution >= 0.6 is 0 Å². The number of hydrogen-bond acceptors (Lipinski definition) is 4. The van der Waals surface area contributed by atoms with Crippen molar-refractivity contribution in [2.24, 2.45) is 0 Å². The smallest absolute Gasteiger partial charge is 0.295 e. The van der Waals surface area contributed by atoms with Crippen molar-refractivity contribution in [1.29, 1.82) is 0 Å². The average Bonchev–Trinajstić information content (AvgIpc) is 2.30. The molecule has 0 heterocycles. The maximum Gasteiger partial charge on any atom is 0.295 e. The molecule has 0 radical (unpaired) electrons. The average molecular weight is 268 g/mol. The maximum atomic E-state index is 13.4. The highest BCUT2D eigenvalue weighted by molar-refractivity contribution is 5.63. The van der Waals surface area contributed by atoms with Gasteiger partial charge in [-0.25, -0.2) is 4.39 Å². The number of nitro benzene ring substituents is 1. The highest BCUT2D eigenvalue weighted by Crippen LogP contribution is 2.32. The van der Waals surface area contributed by atoms with Gasteiger partial charge in [0.2, 0.25) is 0 Å². The van der Waals surface area contributed by atoms with Crippen LogP contribution in [0.1, 0.15) is 25.3 Å². The summed E-state index contributed by atoms with van der Waals surface area (Å²) in [6.07, 6.45) is 1.87. The molecule has 1 aliphatic carbocycles. The first-order chi connectivity index (χ1) is 9.01. The van der Waals surface area contributed by atoms with Crippen LogP contribution in [-0.2, 0) is 4.74 Å². The van der Waals surface area contributed by atoms with Crippen molar-refractivity contribution in [3.63, 3.8) is 0 Å². The third-order valence-corrected chi connectivity index (χ3v) is 3.33. The molecule has 0 spiro atoms. The van der Waals surface area contributed by atoms with E-state index >= 15 is 0 Å². The zero-order valence-corrected chi connectivity index (χ0v) is 11.0. The van der Waals surface area contributed by atoms with Crippen LogP contribution in [-0.4, -0.2) is 23.7 Å². The van der Waals surface area contributed by atoms with E-state index in [0.29, 0.717) is 17.9 Å². The van der Waals surface area contributed by atoms with Crippen molar-refractivity contribution in [1.82, 2.24) is 0 Å². The van der Waals surface area contributed by atoms with Crippen LogP contribution in [0.25, 0.3) is 0 Å². The first-order valence-electron chi connectivity index (χ1n) is 6.34. The van der Waals surface area contributed by atoms with Gasteiger partial charge in [0.05, 0.1) is 17.1 Å². The van der Waals surface area contributed by atoms with E-state index in [4.69, 9.17) is 4.74 Å². The van der Waals surface area contributed by atoms with Crippen LogP contribution in [0.2, 0.25) is 0 Å². The molecule has 1 saturated carbocycles. The van der Waals surface area contributed by atoms with Crippen molar-refractivity contribution in [3.8, 4) is 0 Å². The first-order valence-corrected chi connectivity index (χ1v) is 6.34. The molecule has 1 aromatic carbocycles. The Balaban J connectivity index is 2.08. The summed E-state index contributed by atoms with van der Waals surface area (Å²) in [5.74, 6) is -0.557. The molecule has 19 heavy (non-hydrogen) atoms. The molecule has 0 unspecified atom stereocenters. The van der Waals surface area contributed by atoms with Gasteiger partial charge in [-0.3, -0.25) is 10.1 Å².